The summed E-state index contributed by atoms with van der Waals surface area (Å²) >= 11 is 0. The fraction of sp³-hybridized carbons (Fsp3) is 0.167. The van der Waals surface area contributed by atoms with Crippen LogP contribution in [0, 0.1) is 0 Å². The minimum atomic E-state index is -0.745. The Bertz CT molecular complexity index is 667. The number of benzene rings is 1. The van der Waals surface area contributed by atoms with Gasteiger partial charge in [-0.05, 0) is 24.6 Å². The van der Waals surface area contributed by atoms with Gasteiger partial charge in [-0.25, -0.2) is 9.59 Å². The van der Waals surface area contributed by atoms with Crippen molar-refractivity contribution in [1.82, 2.24) is 4.98 Å². The highest BCUT2D eigenvalue weighted by Gasteiger charge is 2.05. The smallest absolute Gasteiger partial charge is 0.372 e. The molecule has 0 saturated carbocycles. The number of hydrogen-bond acceptors (Lipinski definition) is 4. The molecule has 1 aromatic carbocycles. The highest BCUT2D eigenvalue weighted by Crippen LogP contribution is 2.13. The van der Waals surface area contributed by atoms with Crippen LogP contribution in [0.15, 0.2) is 38.3 Å². The van der Waals surface area contributed by atoms with Crippen molar-refractivity contribution in [3.8, 4) is 0 Å². The highest BCUT2D eigenvalue weighted by atomic mass is 16.4. The quantitative estimate of drug-likeness (QED) is 0.820. The molecular formula is C12H12N2O3. The van der Waals surface area contributed by atoms with Gasteiger partial charge in [0.2, 0.25) is 0 Å². The maximum Gasteiger partial charge on any atom is 0.419 e. The van der Waals surface area contributed by atoms with E-state index in [0.717, 1.165) is 6.42 Å². The summed E-state index contributed by atoms with van der Waals surface area (Å²) in [7, 11) is 0. The zero-order valence-electron chi connectivity index (χ0n) is 9.10. The second-order valence-electron chi connectivity index (χ2n) is 3.55. The average Bonchev–Trinajstić information content (AvgIpc) is 2.28. The van der Waals surface area contributed by atoms with Crippen molar-refractivity contribution in [3.63, 3.8) is 0 Å². The summed E-state index contributed by atoms with van der Waals surface area (Å²) < 4.78 is 4.51. The van der Waals surface area contributed by atoms with Crippen LogP contribution in [0.25, 0.3) is 17.0 Å². The van der Waals surface area contributed by atoms with Gasteiger partial charge in [0, 0.05) is 0 Å². The van der Waals surface area contributed by atoms with Crippen molar-refractivity contribution in [3.05, 3.63) is 50.8 Å². The van der Waals surface area contributed by atoms with E-state index in [0.29, 0.717) is 23.0 Å². The second-order valence-corrected chi connectivity index (χ2v) is 3.55. The number of rotatable bonds is 3. The molecule has 2 rings (SSSR count). The Morgan fingerprint density at radius 1 is 1.35 bits per heavy atom. The van der Waals surface area contributed by atoms with E-state index in [4.69, 9.17) is 5.73 Å². The number of nitrogens with two attached hydrogens (primary N) is 1. The summed E-state index contributed by atoms with van der Waals surface area (Å²) in [5.74, 6) is -0.745. The minimum absolute atomic E-state index is 0.375. The fourth-order valence-electron chi connectivity index (χ4n) is 1.62. The molecule has 5 heteroatoms. The molecule has 0 saturated heterocycles. The molecule has 1 heterocycles. The van der Waals surface area contributed by atoms with Gasteiger partial charge in [-0.3, -0.25) is 4.98 Å². The lowest BCUT2D eigenvalue weighted by Crippen LogP contribution is -2.15. The normalized spacial score (nSPS) is 11.4. The van der Waals surface area contributed by atoms with E-state index in [1.54, 1.807) is 24.3 Å². The van der Waals surface area contributed by atoms with Crippen LogP contribution in [0.1, 0.15) is 12.0 Å². The van der Waals surface area contributed by atoms with Crippen molar-refractivity contribution in [1.29, 1.82) is 0 Å². The number of aromatic nitrogens is 1. The molecule has 0 bridgehead atoms. The van der Waals surface area contributed by atoms with Crippen LogP contribution in [0.3, 0.4) is 0 Å². The number of fused-ring (bicyclic) bond motifs is 1. The topological polar surface area (TPSA) is 89.1 Å². The Morgan fingerprint density at radius 2 is 2.18 bits per heavy atom. The van der Waals surface area contributed by atoms with Gasteiger partial charge in [-0.2, -0.15) is 0 Å². The van der Waals surface area contributed by atoms with E-state index in [-0.39, 0.29) is 0 Å². The van der Waals surface area contributed by atoms with Crippen LogP contribution in [-0.4, -0.2) is 11.5 Å². The molecular weight excluding hydrogens is 220 g/mol. The van der Waals surface area contributed by atoms with Gasteiger partial charge < -0.3 is 10.2 Å². The van der Waals surface area contributed by atoms with Crippen LogP contribution in [0.2, 0.25) is 0 Å². The van der Waals surface area contributed by atoms with Crippen LogP contribution >= 0.6 is 0 Å². The summed E-state index contributed by atoms with van der Waals surface area (Å²) in [5, 5.41) is 0.375. The van der Waals surface area contributed by atoms with E-state index < -0.39 is 11.4 Å². The molecule has 0 radical (unpaired) electrons. The molecule has 0 aliphatic carbocycles. The molecule has 0 atom stereocenters. The minimum Gasteiger partial charge on any atom is -0.372 e. The molecule has 0 spiro atoms. The third-order valence-electron chi connectivity index (χ3n) is 2.35. The molecule has 88 valence electrons. The summed E-state index contributed by atoms with van der Waals surface area (Å²) in [6.45, 7) is 0.548. The summed E-state index contributed by atoms with van der Waals surface area (Å²) in [6, 6.07) is 5.21. The first-order valence-electron chi connectivity index (χ1n) is 5.25. The van der Waals surface area contributed by atoms with Gasteiger partial charge in [-0.15, -0.1) is 0 Å². The van der Waals surface area contributed by atoms with Crippen LogP contribution < -0.4 is 17.1 Å². The standard InChI is InChI=1S/C12H12N2O3/c13-7-2-1-4-8-5-3-6-9-10(8)11(15)17-12(16)14-9/h1,3-6H,2,7,13H2,(H,14,16). The highest BCUT2D eigenvalue weighted by molar-refractivity contribution is 5.86. The summed E-state index contributed by atoms with van der Waals surface area (Å²) in [5.41, 5.74) is 5.93. The van der Waals surface area contributed by atoms with Crippen LogP contribution in [0.5, 0.6) is 0 Å². The Kier molecular flexibility index (Phi) is 3.20. The van der Waals surface area contributed by atoms with Crippen molar-refractivity contribution in [2.45, 2.75) is 6.42 Å². The SMILES string of the molecule is NCCC=Cc1cccc2[nH]c(=O)oc(=O)c12. The monoisotopic (exact) mass is 232 g/mol. The molecule has 17 heavy (non-hydrogen) atoms. The maximum absolute atomic E-state index is 11.6. The lowest BCUT2D eigenvalue weighted by atomic mass is 10.1. The average molecular weight is 232 g/mol. The van der Waals surface area contributed by atoms with Crippen LogP contribution in [0.4, 0.5) is 0 Å². The van der Waals surface area contributed by atoms with Gasteiger partial charge in [0.25, 0.3) is 0 Å². The first-order valence-corrected chi connectivity index (χ1v) is 5.25. The van der Waals surface area contributed by atoms with Gasteiger partial charge in [0.05, 0.1) is 10.9 Å². The van der Waals surface area contributed by atoms with Crippen molar-refractivity contribution in [2.75, 3.05) is 6.54 Å². The predicted octanol–water partition coefficient (Wildman–Crippen LogP) is 0.843. The number of hydrogen-bond donors (Lipinski definition) is 2. The lowest BCUT2D eigenvalue weighted by molar-refractivity contribution is 0.460. The lowest BCUT2D eigenvalue weighted by Gasteiger charge is -1.99. The van der Waals surface area contributed by atoms with Crippen molar-refractivity contribution in [2.24, 2.45) is 5.73 Å². The van der Waals surface area contributed by atoms with Gasteiger partial charge >= 0.3 is 11.4 Å². The number of H-pyrrole nitrogens is 1. The molecule has 1 aromatic heterocycles. The summed E-state index contributed by atoms with van der Waals surface area (Å²) in [6.07, 6.45) is 4.40. The molecule has 0 unspecified atom stereocenters. The summed E-state index contributed by atoms with van der Waals surface area (Å²) in [4.78, 5) is 25.1. The first-order chi connectivity index (χ1) is 8.22. The second kappa shape index (κ2) is 4.80. The number of nitrogens with one attached hydrogen (secondary N) is 1. The zero-order valence-corrected chi connectivity index (χ0v) is 9.10. The molecule has 3 N–H and O–H groups in total. The molecule has 0 aliphatic rings. The van der Waals surface area contributed by atoms with E-state index in [9.17, 15) is 9.59 Å². The third kappa shape index (κ3) is 2.34. The predicted molar refractivity (Wildman–Crippen MR) is 65.8 cm³/mol. The first kappa shape index (κ1) is 11.3. The molecule has 5 nitrogen and oxygen atoms in total. The van der Waals surface area contributed by atoms with Gasteiger partial charge in [0.1, 0.15) is 0 Å². The fourth-order valence-corrected chi connectivity index (χ4v) is 1.62. The molecule has 0 aliphatic heterocycles. The Hall–Kier alpha value is -2.14. The van der Waals surface area contributed by atoms with E-state index in [1.165, 1.54) is 0 Å². The molecule has 0 amide bonds. The zero-order chi connectivity index (χ0) is 12.3. The van der Waals surface area contributed by atoms with E-state index >= 15 is 0 Å². The van der Waals surface area contributed by atoms with Crippen LogP contribution in [-0.2, 0) is 0 Å². The Morgan fingerprint density at radius 3 is 2.94 bits per heavy atom. The van der Waals surface area contributed by atoms with Gasteiger partial charge in [-0.1, -0.05) is 24.3 Å². The van der Waals surface area contributed by atoms with Gasteiger partial charge in [0.15, 0.2) is 0 Å². The Labute approximate surface area is 96.6 Å². The maximum atomic E-state index is 11.6. The van der Waals surface area contributed by atoms with Crippen molar-refractivity contribution >= 4 is 17.0 Å². The van der Waals surface area contributed by atoms with E-state index in [2.05, 4.69) is 9.40 Å². The Balaban J connectivity index is 2.65. The van der Waals surface area contributed by atoms with E-state index in [1.807, 2.05) is 6.08 Å². The number of aromatic amines is 1. The molecule has 2 aromatic rings. The van der Waals surface area contributed by atoms with Crippen molar-refractivity contribution < 1.29 is 4.42 Å². The largest absolute Gasteiger partial charge is 0.419 e. The molecule has 0 fully saturated rings. The third-order valence-corrected chi connectivity index (χ3v) is 2.35.